The first kappa shape index (κ1) is 13.2. The summed E-state index contributed by atoms with van der Waals surface area (Å²) in [5.74, 6) is 2.06. The molecule has 108 valence electrons. The van der Waals surface area contributed by atoms with Gasteiger partial charge in [-0.1, -0.05) is 6.07 Å². The lowest BCUT2D eigenvalue weighted by Crippen LogP contribution is -2.15. The number of ether oxygens (including phenoxy) is 2. The Morgan fingerprint density at radius 2 is 2.00 bits per heavy atom. The van der Waals surface area contributed by atoms with Gasteiger partial charge in [0.05, 0.1) is 4.92 Å². The third-order valence-corrected chi connectivity index (χ3v) is 3.04. The largest absolute Gasteiger partial charge is 0.486 e. The second-order valence-corrected chi connectivity index (χ2v) is 4.49. The van der Waals surface area contributed by atoms with E-state index in [-0.39, 0.29) is 5.69 Å². The van der Waals surface area contributed by atoms with Crippen LogP contribution in [0.25, 0.3) is 0 Å². The Morgan fingerprint density at radius 3 is 2.71 bits per heavy atom. The smallest absolute Gasteiger partial charge is 0.287 e. The van der Waals surface area contributed by atoms with Gasteiger partial charge in [-0.25, -0.2) is 4.98 Å². The Morgan fingerprint density at radius 1 is 1.19 bits per heavy atom. The molecule has 1 aliphatic rings. The highest BCUT2D eigenvalue weighted by Gasteiger charge is 2.11. The summed E-state index contributed by atoms with van der Waals surface area (Å²) in [6.45, 7) is 1.66. The molecular weight excluding hydrogens is 274 g/mol. The van der Waals surface area contributed by atoms with E-state index in [9.17, 15) is 10.1 Å². The highest BCUT2D eigenvalue weighted by atomic mass is 16.6. The van der Waals surface area contributed by atoms with Crippen molar-refractivity contribution >= 4 is 11.5 Å². The number of fused-ring (bicyclic) bond motifs is 1. The minimum absolute atomic E-state index is 0.0279. The van der Waals surface area contributed by atoms with E-state index in [1.807, 2.05) is 18.2 Å². The molecule has 7 nitrogen and oxygen atoms in total. The molecule has 0 amide bonds. The van der Waals surface area contributed by atoms with Crippen LogP contribution in [-0.4, -0.2) is 23.1 Å². The number of rotatable bonds is 4. The second kappa shape index (κ2) is 5.66. The van der Waals surface area contributed by atoms with Crippen molar-refractivity contribution in [1.29, 1.82) is 0 Å². The number of anilines is 1. The van der Waals surface area contributed by atoms with E-state index in [1.165, 1.54) is 12.3 Å². The molecule has 0 saturated carbocycles. The molecule has 1 aromatic carbocycles. The lowest BCUT2D eigenvalue weighted by atomic mass is 10.2. The van der Waals surface area contributed by atoms with Crippen LogP contribution in [0, 0.1) is 10.1 Å². The van der Waals surface area contributed by atoms with E-state index in [0.29, 0.717) is 25.6 Å². The van der Waals surface area contributed by atoms with Crippen LogP contribution in [0.15, 0.2) is 36.5 Å². The maximum atomic E-state index is 10.5. The maximum Gasteiger partial charge on any atom is 0.287 e. The molecule has 0 aliphatic carbocycles. The van der Waals surface area contributed by atoms with Gasteiger partial charge in [-0.15, -0.1) is 0 Å². The van der Waals surface area contributed by atoms with Crippen molar-refractivity contribution in [3.05, 3.63) is 52.2 Å². The van der Waals surface area contributed by atoms with Crippen molar-refractivity contribution in [1.82, 2.24) is 4.98 Å². The summed E-state index contributed by atoms with van der Waals surface area (Å²) in [6, 6.07) is 8.71. The van der Waals surface area contributed by atoms with Gasteiger partial charge in [0, 0.05) is 12.6 Å². The van der Waals surface area contributed by atoms with Gasteiger partial charge in [-0.2, -0.15) is 0 Å². The third-order valence-electron chi connectivity index (χ3n) is 3.04. The van der Waals surface area contributed by atoms with Crippen LogP contribution in [0.5, 0.6) is 11.5 Å². The summed E-state index contributed by atoms with van der Waals surface area (Å²) < 4.78 is 11.0. The fraction of sp³-hybridized carbons (Fsp3) is 0.214. The molecule has 2 heterocycles. The van der Waals surface area contributed by atoms with E-state index in [2.05, 4.69) is 10.3 Å². The summed E-state index contributed by atoms with van der Waals surface area (Å²) in [5, 5.41) is 13.7. The maximum absolute atomic E-state index is 10.5. The first-order chi connectivity index (χ1) is 10.2. The lowest BCUT2D eigenvalue weighted by Gasteiger charge is -2.19. The summed E-state index contributed by atoms with van der Waals surface area (Å²) in [5.41, 5.74) is 0.985. The van der Waals surface area contributed by atoms with Gasteiger partial charge in [-0.3, -0.25) is 10.1 Å². The van der Waals surface area contributed by atoms with Crippen molar-refractivity contribution in [2.24, 2.45) is 0 Å². The molecule has 0 spiro atoms. The van der Waals surface area contributed by atoms with Crippen LogP contribution in [0.3, 0.4) is 0 Å². The number of hydrogen-bond donors (Lipinski definition) is 1. The zero-order valence-corrected chi connectivity index (χ0v) is 11.1. The molecule has 1 aromatic heterocycles. The number of aromatic nitrogens is 1. The monoisotopic (exact) mass is 287 g/mol. The molecule has 1 aliphatic heterocycles. The van der Waals surface area contributed by atoms with E-state index in [0.717, 1.165) is 17.1 Å². The molecule has 0 atom stereocenters. The van der Waals surface area contributed by atoms with Gasteiger partial charge in [-0.05, 0) is 23.8 Å². The minimum Gasteiger partial charge on any atom is -0.486 e. The van der Waals surface area contributed by atoms with Gasteiger partial charge in [0.15, 0.2) is 11.5 Å². The molecule has 0 radical (unpaired) electrons. The quantitative estimate of drug-likeness (QED) is 0.686. The van der Waals surface area contributed by atoms with Crippen LogP contribution in [-0.2, 0) is 6.54 Å². The number of nitrogens with zero attached hydrogens (tertiary/aromatic N) is 2. The number of hydrogen-bond acceptors (Lipinski definition) is 6. The summed E-state index contributed by atoms with van der Waals surface area (Å²) in [6.07, 6.45) is 1.23. The molecule has 3 rings (SSSR count). The Bertz CT molecular complexity index is 658. The van der Waals surface area contributed by atoms with Crippen LogP contribution in [0.1, 0.15) is 5.56 Å². The van der Waals surface area contributed by atoms with E-state index in [1.54, 1.807) is 6.07 Å². The topological polar surface area (TPSA) is 86.5 Å². The van der Waals surface area contributed by atoms with Crippen LogP contribution in [0.4, 0.5) is 11.5 Å². The highest BCUT2D eigenvalue weighted by molar-refractivity contribution is 5.46. The van der Waals surface area contributed by atoms with Gasteiger partial charge in [0.2, 0.25) is 0 Å². The number of nitrogens with one attached hydrogen (secondary N) is 1. The van der Waals surface area contributed by atoms with Gasteiger partial charge in [0.25, 0.3) is 5.69 Å². The number of benzene rings is 1. The average molecular weight is 287 g/mol. The second-order valence-electron chi connectivity index (χ2n) is 4.49. The zero-order chi connectivity index (χ0) is 14.7. The standard InChI is InChI=1S/C14H13N3O4/c18-17(19)11-2-4-14(16-9-11)15-8-10-1-3-12-13(7-10)21-6-5-20-12/h1-4,7,9H,5-6,8H2,(H,15,16). The summed E-state index contributed by atoms with van der Waals surface area (Å²) in [4.78, 5) is 14.1. The highest BCUT2D eigenvalue weighted by Crippen LogP contribution is 2.30. The van der Waals surface area contributed by atoms with Gasteiger partial charge < -0.3 is 14.8 Å². The zero-order valence-electron chi connectivity index (χ0n) is 11.1. The van der Waals surface area contributed by atoms with Crippen LogP contribution < -0.4 is 14.8 Å². The third kappa shape index (κ3) is 3.02. The number of pyridine rings is 1. The first-order valence-electron chi connectivity index (χ1n) is 6.45. The fourth-order valence-corrected chi connectivity index (χ4v) is 1.99. The van der Waals surface area contributed by atoms with E-state index < -0.39 is 4.92 Å². The predicted octanol–water partition coefficient (Wildman–Crippen LogP) is 2.37. The van der Waals surface area contributed by atoms with Crippen LogP contribution in [0.2, 0.25) is 0 Å². The average Bonchev–Trinajstić information content (AvgIpc) is 2.53. The summed E-state index contributed by atoms with van der Waals surface area (Å²) >= 11 is 0. The molecule has 2 aromatic rings. The van der Waals surface area contributed by atoms with Gasteiger partial charge in [0.1, 0.15) is 25.2 Å². The van der Waals surface area contributed by atoms with Crippen molar-refractivity contribution < 1.29 is 14.4 Å². The molecule has 21 heavy (non-hydrogen) atoms. The Labute approximate surface area is 120 Å². The van der Waals surface area contributed by atoms with Crippen molar-refractivity contribution in [3.63, 3.8) is 0 Å². The molecular formula is C14H13N3O4. The molecule has 0 unspecified atom stereocenters. The SMILES string of the molecule is O=[N+]([O-])c1ccc(NCc2ccc3c(c2)OCCO3)nc1. The Balaban J connectivity index is 1.65. The lowest BCUT2D eigenvalue weighted by molar-refractivity contribution is -0.385. The molecule has 1 N–H and O–H groups in total. The first-order valence-corrected chi connectivity index (χ1v) is 6.45. The molecule has 0 saturated heterocycles. The minimum atomic E-state index is -0.475. The predicted molar refractivity (Wildman–Crippen MR) is 75.7 cm³/mol. The van der Waals surface area contributed by atoms with Crippen molar-refractivity contribution in [3.8, 4) is 11.5 Å². The van der Waals surface area contributed by atoms with E-state index in [4.69, 9.17) is 9.47 Å². The van der Waals surface area contributed by atoms with Gasteiger partial charge >= 0.3 is 0 Å². The summed E-state index contributed by atoms with van der Waals surface area (Å²) in [7, 11) is 0. The van der Waals surface area contributed by atoms with Crippen LogP contribution >= 0.6 is 0 Å². The normalized spacial score (nSPS) is 12.8. The fourth-order valence-electron chi connectivity index (χ4n) is 1.99. The molecule has 7 heteroatoms. The van der Waals surface area contributed by atoms with Crippen molar-refractivity contribution in [2.75, 3.05) is 18.5 Å². The Kier molecular flexibility index (Phi) is 3.55. The molecule has 0 bridgehead atoms. The van der Waals surface area contributed by atoms with Crippen molar-refractivity contribution in [2.45, 2.75) is 6.54 Å². The number of nitro groups is 1. The Hall–Kier alpha value is -2.83. The van der Waals surface area contributed by atoms with E-state index >= 15 is 0 Å². The molecule has 0 fully saturated rings.